The molecule has 9 nitrogen and oxygen atoms in total. The third-order valence-electron chi connectivity index (χ3n) is 6.54. The average Bonchev–Trinajstić information content (AvgIpc) is 3.57. The summed E-state index contributed by atoms with van der Waals surface area (Å²) in [7, 11) is 1.89. The molecule has 1 aliphatic heterocycles. The van der Waals surface area contributed by atoms with Crippen LogP contribution in [0.2, 0.25) is 0 Å². The van der Waals surface area contributed by atoms with Crippen LogP contribution < -0.4 is 5.32 Å². The molecule has 5 heterocycles. The first kappa shape index (κ1) is 22.0. The van der Waals surface area contributed by atoms with E-state index in [0.717, 1.165) is 55.8 Å². The number of carbonyl (C=O) groups excluding carboxylic acids is 1. The summed E-state index contributed by atoms with van der Waals surface area (Å²) in [5.41, 5.74) is 8.22. The lowest BCUT2D eigenvalue weighted by atomic mass is 9.97. The van der Waals surface area contributed by atoms with Gasteiger partial charge in [-0.2, -0.15) is 10.2 Å². The first-order chi connectivity index (χ1) is 17.5. The number of hydrogen-bond donors (Lipinski definition) is 2. The lowest BCUT2D eigenvalue weighted by Gasteiger charge is -2.25. The molecule has 36 heavy (non-hydrogen) atoms. The Balaban J connectivity index is 0.00000168. The van der Waals surface area contributed by atoms with Gasteiger partial charge in [0.25, 0.3) is 0 Å². The molecule has 0 spiro atoms. The molecule has 0 saturated carbocycles. The zero-order chi connectivity index (χ0) is 24.8. The van der Waals surface area contributed by atoms with Crippen LogP contribution in [0.5, 0.6) is 0 Å². The Labute approximate surface area is 210 Å². The molecular weight excluding hydrogens is 454 g/mol. The van der Waals surface area contributed by atoms with E-state index in [0.29, 0.717) is 13.2 Å². The summed E-state index contributed by atoms with van der Waals surface area (Å²) < 4.78 is 9.03. The molecule has 0 aliphatic carbocycles. The smallest absolute Gasteiger partial charge is 0.247 e. The van der Waals surface area contributed by atoms with Crippen molar-refractivity contribution in [3.63, 3.8) is 0 Å². The van der Waals surface area contributed by atoms with Crippen molar-refractivity contribution in [3.8, 4) is 33.5 Å². The van der Waals surface area contributed by atoms with Gasteiger partial charge in [0.15, 0.2) is 0 Å². The summed E-state index contributed by atoms with van der Waals surface area (Å²) >= 11 is 0. The number of rotatable bonds is 6. The van der Waals surface area contributed by atoms with Gasteiger partial charge < -0.3 is 15.0 Å². The number of benzene rings is 1. The van der Waals surface area contributed by atoms with Crippen molar-refractivity contribution in [1.82, 2.24) is 29.5 Å². The van der Waals surface area contributed by atoms with Crippen molar-refractivity contribution >= 4 is 22.6 Å². The number of aromatic amines is 1. The van der Waals surface area contributed by atoms with E-state index in [1.807, 2.05) is 61.8 Å². The van der Waals surface area contributed by atoms with Gasteiger partial charge in [-0.05, 0) is 36.3 Å². The summed E-state index contributed by atoms with van der Waals surface area (Å²) in [4.78, 5) is 20.3. The van der Waals surface area contributed by atoms with Gasteiger partial charge in [-0.1, -0.05) is 18.7 Å². The molecule has 6 rings (SSSR count). The predicted octanol–water partition coefficient (Wildman–Crippen LogP) is 4.99. The van der Waals surface area contributed by atoms with Crippen LogP contribution in [0.3, 0.4) is 0 Å². The molecule has 1 aliphatic rings. The number of aromatic nitrogens is 6. The molecule has 1 fully saturated rings. The maximum atomic E-state index is 12.0. The fraction of sp³-hybridized carbons (Fsp3) is 0.185. The highest BCUT2D eigenvalue weighted by atomic mass is 16.5. The quantitative estimate of drug-likeness (QED) is 0.331. The number of nitrogens with one attached hydrogen (secondary N) is 2. The summed E-state index contributed by atoms with van der Waals surface area (Å²) in [6, 6.07) is 8.46. The monoisotopic (exact) mass is 483 g/mol. The Hall–Kier alpha value is -4.50. The van der Waals surface area contributed by atoms with Crippen molar-refractivity contribution in [3.05, 3.63) is 73.5 Å². The number of amides is 1. The van der Waals surface area contributed by atoms with E-state index in [9.17, 15) is 4.79 Å². The molecule has 0 bridgehead atoms. The van der Waals surface area contributed by atoms with Crippen LogP contribution >= 0.6 is 0 Å². The predicted molar refractivity (Wildman–Crippen MR) is 143 cm³/mol. The molecule has 1 saturated heterocycles. The van der Waals surface area contributed by atoms with E-state index in [1.165, 1.54) is 6.08 Å². The summed E-state index contributed by atoms with van der Waals surface area (Å²) in [5, 5.41) is 12.8. The summed E-state index contributed by atoms with van der Waals surface area (Å²) in [5.74, 6) is -0.250. The highest BCUT2D eigenvalue weighted by molar-refractivity contribution is 6.05. The minimum absolute atomic E-state index is 0. The Morgan fingerprint density at radius 1 is 1.14 bits per heavy atom. The van der Waals surface area contributed by atoms with Gasteiger partial charge in [0, 0.05) is 61.8 Å². The van der Waals surface area contributed by atoms with E-state index in [2.05, 4.69) is 39.2 Å². The van der Waals surface area contributed by atoms with Crippen molar-refractivity contribution in [1.29, 1.82) is 0 Å². The highest BCUT2D eigenvalue weighted by Crippen LogP contribution is 2.40. The second-order valence-electron chi connectivity index (χ2n) is 9.02. The van der Waals surface area contributed by atoms with E-state index in [-0.39, 0.29) is 14.8 Å². The van der Waals surface area contributed by atoms with Crippen molar-refractivity contribution in [2.45, 2.75) is 13.0 Å². The summed E-state index contributed by atoms with van der Waals surface area (Å²) in [6.45, 7) is 6.91. The van der Waals surface area contributed by atoms with Crippen LogP contribution in [0.15, 0.2) is 67.9 Å². The van der Waals surface area contributed by atoms with Gasteiger partial charge in [0.1, 0.15) is 5.65 Å². The van der Waals surface area contributed by atoms with E-state index >= 15 is 0 Å². The molecule has 0 radical (unpaired) electrons. The number of pyridine rings is 1. The number of anilines is 1. The molecule has 184 valence electrons. The van der Waals surface area contributed by atoms with Gasteiger partial charge in [-0.25, -0.2) is 4.98 Å². The molecule has 1 amide bonds. The fourth-order valence-electron chi connectivity index (χ4n) is 4.45. The molecule has 9 heteroatoms. The first-order valence-corrected chi connectivity index (χ1v) is 11.7. The normalized spacial score (nSPS) is 13.6. The van der Waals surface area contributed by atoms with Gasteiger partial charge in [0.05, 0.1) is 37.3 Å². The molecule has 0 atom stereocenters. The Morgan fingerprint density at radius 3 is 2.69 bits per heavy atom. The third kappa shape index (κ3) is 3.79. The summed E-state index contributed by atoms with van der Waals surface area (Å²) in [6.07, 6.45) is 10.8. The van der Waals surface area contributed by atoms with Gasteiger partial charge in [0.2, 0.25) is 5.91 Å². The highest BCUT2D eigenvalue weighted by Gasteiger charge is 2.22. The maximum Gasteiger partial charge on any atom is 0.247 e. The molecule has 5 aromatic rings. The van der Waals surface area contributed by atoms with Crippen LogP contribution in [0.1, 0.15) is 14.5 Å². The van der Waals surface area contributed by atoms with E-state index in [4.69, 9.17) is 9.72 Å². The average molecular weight is 484 g/mol. The minimum Gasteiger partial charge on any atom is -0.377 e. The van der Waals surface area contributed by atoms with Crippen molar-refractivity contribution in [2.24, 2.45) is 7.05 Å². The fourth-order valence-corrected chi connectivity index (χ4v) is 4.45. The number of fused-ring (bicyclic) bond motifs is 1. The van der Waals surface area contributed by atoms with Gasteiger partial charge in [-0.15, -0.1) is 0 Å². The number of hydrogen-bond acceptors (Lipinski definition) is 5. The zero-order valence-corrected chi connectivity index (χ0v) is 20.0. The Kier molecular flexibility index (Phi) is 5.26. The van der Waals surface area contributed by atoms with E-state index in [1.54, 1.807) is 4.68 Å². The van der Waals surface area contributed by atoms with Gasteiger partial charge in [-0.3, -0.25) is 14.2 Å². The molecule has 2 N–H and O–H groups in total. The number of H-pyrrole nitrogens is 1. The van der Waals surface area contributed by atoms with Crippen LogP contribution in [-0.2, 0) is 16.6 Å². The second kappa shape index (κ2) is 8.62. The largest absolute Gasteiger partial charge is 0.377 e. The second-order valence-corrected chi connectivity index (χ2v) is 9.02. The molecule has 4 aromatic heterocycles. The molecule has 1 aromatic carbocycles. The lowest BCUT2D eigenvalue weighted by Crippen LogP contribution is -2.30. The number of nitrogens with zero attached hydrogens (tertiary/aromatic N) is 5. The molecule has 0 unspecified atom stereocenters. The minimum atomic E-state index is -0.250. The number of aryl methyl sites for hydroxylation is 2. The Bertz CT molecular complexity index is 1630. The third-order valence-corrected chi connectivity index (χ3v) is 6.54. The van der Waals surface area contributed by atoms with Crippen LogP contribution in [0.4, 0.5) is 5.69 Å². The number of carbonyl (C=O) groups is 1. The standard InChI is InChI=1S/C27H25N7O2.2H2/c1-4-24(35)31-23-8-17(6-5-16(23)2)25-22-7-18(19-10-30-34(13-19)21-14-36-15-21)9-28-27(22)32-26(25)20-11-29-33(3)12-20;;/h4-13,21H,1,14-15H2,2-3H3,(H,28,32)(H,31,35);2*1H. The van der Waals surface area contributed by atoms with Crippen LogP contribution in [0.25, 0.3) is 44.5 Å². The van der Waals surface area contributed by atoms with Gasteiger partial charge >= 0.3 is 0 Å². The van der Waals surface area contributed by atoms with Crippen LogP contribution in [0, 0.1) is 6.92 Å². The van der Waals surface area contributed by atoms with Crippen molar-refractivity contribution < 1.29 is 12.4 Å². The number of ether oxygens (including phenoxy) is 1. The molecular formula is C27H29N7O2. The first-order valence-electron chi connectivity index (χ1n) is 11.7. The van der Waals surface area contributed by atoms with E-state index < -0.39 is 0 Å². The lowest BCUT2D eigenvalue weighted by molar-refractivity contribution is -0.111. The SMILES string of the molecule is C=CC(=O)Nc1cc(-c2c(-c3cnn(C)c3)[nH]c3ncc(-c4cnn(C5COC5)c4)cc23)ccc1C.[HH].[HH]. The zero-order valence-electron chi connectivity index (χ0n) is 20.0. The maximum absolute atomic E-state index is 12.0. The van der Waals surface area contributed by atoms with Crippen LogP contribution in [-0.4, -0.2) is 48.6 Å². The topological polar surface area (TPSA) is 103 Å². The van der Waals surface area contributed by atoms with Crippen molar-refractivity contribution in [2.75, 3.05) is 18.5 Å². The Morgan fingerprint density at radius 2 is 1.97 bits per heavy atom.